The van der Waals surface area contributed by atoms with Crippen molar-refractivity contribution in [2.75, 3.05) is 0 Å². The van der Waals surface area contributed by atoms with E-state index in [2.05, 4.69) is 11.6 Å². The number of nitrogens with zero attached hydrogens (tertiary/aromatic N) is 2. The van der Waals surface area contributed by atoms with Crippen LogP contribution in [0.1, 0.15) is 15.9 Å². The van der Waals surface area contributed by atoms with Gasteiger partial charge in [-0.15, -0.1) is 6.58 Å². The van der Waals surface area contributed by atoms with Crippen molar-refractivity contribution < 1.29 is 4.79 Å². The molecule has 3 rings (SSSR count). The molecule has 0 saturated heterocycles. The molecule has 0 fully saturated rings. The van der Waals surface area contributed by atoms with Gasteiger partial charge in [-0.2, -0.15) is 4.99 Å². The minimum atomic E-state index is -0.444. The molecular formula is C18H13Cl3N2OS. The van der Waals surface area contributed by atoms with Gasteiger partial charge in [0.05, 0.1) is 20.8 Å². The van der Waals surface area contributed by atoms with Crippen molar-refractivity contribution in [2.45, 2.75) is 13.5 Å². The van der Waals surface area contributed by atoms with Gasteiger partial charge >= 0.3 is 0 Å². The fourth-order valence-electron chi connectivity index (χ4n) is 2.51. The van der Waals surface area contributed by atoms with Crippen molar-refractivity contribution in [1.29, 1.82) is 0 Å². The van der Waals surface area contributed by atoms with E-state index in [1.807, 2.05) is 23.6 Å². The third-order valence-corrected chi connectivity index (χ3v) is 5.72. The van der Waals surface area contributed by atoms with Gasteiger partial charge in [-0.05, 0) is 42.8 Å². The second kappa shape index (κ2) is 7.34. The molecule has 0 radical (unpaired) electrons. The number of hydrogen-bond acceptors (Lipinski definition) is 2. The van der Waals surface area contributed by atoms with E-state index in [1.54, 1.807) is 18.2 Å². The minimum absolute atomic E-state index is 0.270. The fourth-order valence-corrected chi connectivity index (χ4v) is 4.13. The first kappa shape index (κ1) is 18.2. The Morgan fingerprint density at radius 1 is 1.24 bits per heavy atom. The predicted octanol–water partition coefficient (Wildman–Crippen LogP) is 5.90. The molecule has 1 amide bonds. The van der Waals surface area contributed by atoms with Crippen LogP contribution >= 0.6 is 46.1 Å². The topological polar surface area (TPSA) is 34.4 Å². The first-order chi connectivity index (χ1) is 11.9. The quantitative estimate of drug-likeness (QED) is 0.494. The van der Waals surface area contributed by atoms with Gasteiger partial charge in [0.1, 0.15) is 0 Å². The summed E-state index contributed by atoms with van der Waals surface area (Å²) in [6.07, 6.45) is 1.75. The average molecular weight is 412 g/mol. The second-order valence-corrected chi connectivity index (χ2v) is 7.60. The number of thiazole rings is 1. The first-order valence-corrected chi connectivity index (χ1v) is 9.31. The zero-order valence-corrected chi connectivity index (χ0v) is 16.3. The lowest BCUT2D eigenvalue weighted by Gasteiger charge is -2.05. The highest BCUT2D eigenvalue weighted by molar-refractivity contribution is 7.16. The monoisotopic (exact) mass is 410 g/mol. The Hall–Kier alpha value is -1.59. The smallest absolute Gasteiger partial charge is 0.281 e. The Bertz CT molecular complexity index is 1070. The van der Waals surface area contributed by atoms with Gasteiger partial charge < -0.3 is 4.57 Å². The molecule has 0 spiro atoms. The molecule has 0 atom stereocenters. The Morgan fingerprint density at radius 2 is 1.96 bits per heavy atom. The number of carbonyl (C=O) groups is 1. The number of aryl methyl sites for hydroxylation is 1. The van der Waals surface area contributed by atoms with E-state index in [0.717, 1.165) is 15.8 Å². The minimum Gasteiger partial charge on any atom is -0.312 e. The maximum atomic E-state index is 12.6. The normalized spacial score (nSPS) is 11.9. The van der Waals surface area contributed by atoms with Gasteiger partial charge in [-0.3, -0.25) is 4.79 Å². The van der Waals surface area contributed by atoms with Crippen molar-refractivity contribution in [2.24, 2.45) is 4.99 Å². The predicted molar refractivity (Wildman–Crippen MR) is 106 cm³/mol. The summed E-state index contributed by atoms with van der Waals surface area (Å²) in [5.41, 5.74) is 2.15. The molecule has 3 nitrogen and oxygen atoms in total. The summed E-state index contributed by atoms with van der Waals surface area (Å²) >= 11 is 19.7. The van der Waals surface area contributed by atoms with Crippen molar-refractivity contribution in [3.05, 3.63) is 74.0 Å². The van der Waals surface area contributed by atoms with Crippen LogP contribution in [0, 0.1) is 6.92 Å². The van der Waals surface area contributed by atoms with E-state index in [9.17, 15) is 4.79 Å². The van der Waals surface area contributed by atoms with Crippen LogP contribution in [0.4, 0.5) is 0 Å². The number of hydrogen-bond donors (Lipinski definition) is 0. The van der Waals surface area contributed by atoms with Crippen LogP contribution in [-0.2, 0) is 6.54 Å². The van der Waals surface area contributed by atoms with E-state index >= 15 is 0 Å². The van der Waals surface area contributed by atoms with E-state index in [4.69, 9.17) is 34.8 Å². The average Bonchev–Trinajstić information content (AvgIpc) is 2.92. The molecule has 1 aromatic heterocycles. The van der Waals surface area contributed by atoms with Gasteiger partial charge in [-0.1, -0.05) is 52.2 Å². The van der Waals surface area contributed by atoms with E-state index in [0.29, 0.717) is 26.4 Å². The summed E-state index contributed by atoms with van der Waals surface area (Å²) in [4.78, 5) is 17.4. The summed E-state index contributed by atoms with van der Waals surface area (Å²) in [6.45, 7) is 6.24. The van der Waals surface area contributed by atoms with Gasteiger partial charge in [0.15, 0.2) is 4.80 Å². The van der Waals surface area contributed by atoms with Crippen molar-refractivity contribution in [3.63, 3.8) is 0 Å². The Balaban J connectivity index is 2.24. The van der Waals surface area contributed by atoms with Crippen molar-refractivity contribution in [1.82, 2.24) is 4.57 Å². The summed E-state index contributed by atoms with van der Waals surface area (Å²) < 4.78 is 2.91. The maximum absolute atomic E-state index is 12.6. The highest BCUT2D eigenvalue weighted by Crippen LogP contribution is 2.27. The summed E-state index contributed by atoms with van der Waals surface area (Å²) in [6, 6.07) is 8.49. The summed E-state index contributed by atoms with van der Waals surface area (Å²) in [5.74, 6) is -0.444. The number of fused-ring (bicyclic) bond motifs is 1. The third kappa shape index (κ3) is 3.53. The lowest BCUT2D eigenvalue weighted by Crippen LogP contribution is -2.16. The lowest BCUT2D eigenvalue weighted by molar-refractivity contribution is 0.0998. The van der Waals surface area contributed by atoms with Crippen molar-refractivity contribution >= 4 is 62.3 Å². The van der Waals surface area contributed by atoms with Crippen LogP contribution in [0.25, 0.3) is 10.2 Å². The Kier molecular flexibility index (Phi) is 5.35. The second-order valence-electron chi connectivity index (χ2n) is 5.34. The molecule has 7 heteroatoms. The van der Waals surface area contributed by atoms with Gasteiger partial charge in [0.25, 0.3) is 5.91 Å². The Morgan fingerprint density at radius 3 is 2.68 bits per heavy atom. The summed E-state index contributed by atoms with van der Waals surface area (Å²) in [7, 11) is 0. The van der Waals surface area contributed by atoms with Crippen LogP contribution in [0.5, 0.6) is 0 Å². The molecule has 25 heavy (non-hydrogen) atoms. The fraction of sp³-hybridized carbons (Fsp3) is 0.111. The highest BCUT2D eigenvalue weighted by Gasteiger charge is 2.14. The third-order valence-electron chi connectivity index (χ3n) is 3.70. The molecule has 1 heterocycles. The number of aromatic nitrogens is 1. The van der Waals surface area contributed by atoms with E-state index < -0.39 is 5.91 Å². The molecule has 0 bridgehead atoms. The SMILES string of the molecule is C=CCn1c(=NC(=O)c2cc(Cl)ccc2Cl)sc2ccc(Cl)c(C)c21. The number of allylic oxidation sites excluding steroid dienone is 1. The highest BCUT2D eigenvalue weighted by atomic mass is 35.5. The largest absolute Gasteiger partial charge is 0.312 e. The molecule has 128 valence electrons. The first-order valence-electron chi connectivity index (χ1n) is 7.36. The summed E-state index contributed by atoms with van der Waals surface area (Å²) in [5, 5.41) is 1.41. The van der Waals surface area contributed by atoms with Crippen LogP contribution in [0.15, 0.2) is 48.0 Å². The molecule has 0 aliphatic carbocycles. The maximum Gasteiger partial charge on any atom is 0.281 e. The molecule has 0 saturated carbocycles. The zero-order valence-electron chi connectivity index (χ0n) is 13.2. The molecule has 3 aromatic rings. The van der Waals surface area contributed by atoms with Crippen LogP contribution in [-0.4, -0.2) is 10.5 Å². The molecule has 0 aliphatic rings. The van der Waals surface area contributed by atoms with Crippen molar-refractivity contribution in [3.8, 4) is 0 Å². The number of rotatable bonds is 3. The van der Waals surface area contributed by atoms with Gasteiger partial charge in [0, 0.05) is 16.6 Å². The number of halogens is 3. The van der Waals surface area contributed by atoms with Crippen LogP contribution < -0.4 is 4.80 Å². The van der Waals surface area contributed by atoms with E-state index in [-0.39, 0.29) is 5.56 Å². The number of carbonyl (C=O) groups excluding carboxylic acids is 1. The van der Waals surface area contributed by atoms with Crippen LogP contribution in [0.2, 0.25) is 15.1 Å². The van der Waals surface area contributed by atoms with Gasteiger partial charge in [0.2, 0.25) is 0 Å². The number of amides is 1. The number of benzene rings is 2. The van der Waals surface area contributed by atoms with Crippen LogP contribution in [0.3, 0.4) is 0 Å². The molecule has 0 unspecified atom stereocenters. The zero-order chi connectivity index (χ0) is 18.1. The van der Waals surface area contributed by atoms with Gasteiger partial charge in [-0.25, -0.2) is 0 Å². The lowest BCUT2D eigenvalue weighted by atomic mass is 10.2. The molecular weight excluding hydrogens is 399 g/mol. The molecule has 0 N–H and O–H groups in total. The standard InChI is InChI=1S/C18H13Cl3N2OS/c1-3-8-23-16-10(2)13(20)6-7-15(16)25-18(23)22-17(24)12-9-11(19)4-5-14(12)21/h3-7,9H,1,8H2,2H3. The molecule has 0 aliphatic heterocycles. The Labute approximate surface area is 163 Å². The van der Waals surface area contributed by atoms with E-state index in [1.165, 1.54) is 17.4 Å². The molecule has 2 aromatic carbocycles.